The van der Waals surface area contributed by atoms with Crippen LogP contribution < -0.4 is 4.74 Å². The summed E-state index contributed by atoms with van der Waals surface area (Å²) in [5.41, 5.74) is 3.81. The van der Waals surface area contributed by atoms with Gasteiger partial charge in [-0.3, -0.25) is 4.90 Å². The molecule has 2 atom stereocenters. The fourth-order valence-electron chi connectivity index (χ4n) is 3.97. The molecule has 0 fully saturated rings. The molecule has 0 amide bonds. The first kappa shape index (κ1) is 23.0. The van der Waals surface area contributed by atoms with Gasteiger partial charge in [-0.1, -0.05) is 65.8 Å². The predicted molar refractivity (Wildman–Crippen MR) is 127 cm³/mol. The predicted octanol–water partition coefficient (Wildman–Crippen LogP) is 4.57. The smallest absolute Gasteiger partial charge is 0.145 e. The number of hydrogen-bond donors (Lipinski definition) is 1. The van der Waals surface area contributed by atoms with Crippen LogP contribution in [0.2, 0.25) is 0 Å². The highest BCUT2D eigenvalue weighted by Crippen LogP contribution is 2.20. The maximum Gasteiger partial charge on any atom is 0.145 e. The molecule has 1 aliphatic rings. The highest BCUT2D eigenvalue weighted by molar-refractivity contribution is 6.01. The van der Waals surface area contributed by atoms with Gasteiger partial charge in [0.15, 0.2) is 0 Å². The van der Waals surface area contributed by atoms with Crippen molar-refractivity contribution in [2.24, 2.45) is 5.16 Å². The summed E-state index contributed by atoms with van der Waals surface area (Å²) in [6, 6.07) is 24.2. The molecule has 1 N–H and O–H groups in total. The maximum atomic E-state index is 13.7. The van der Waals surface area contributed by atoms with E-state index in [0.717, 1.165) is 28.2 Å². The average molecular weight is 449 g/mol. The number of nitrogens with zero attached hydrogens (tertiary/aromatic N) is 2. The summed E-state index contributed by atoms with van der Waals surface area (Å²) in [7, 11) is 0. The Labute approximate surface area is 194 Å². The Bertz CT molecular complexity index is 1070. The second kappa shape index (κ2) is 11.1. The molecule has 0 aromatic heterocycles. The molecule has 1 aliphatic heterocycles. The van der Waals surface area contributed by atoms with Gasteiger partial charge in [-0.2, -0.15) is 0 Å². The largest absolute Gasteiger partial charge is 0.491 e. The zero-order valence-electron chi connectivity index (χ0n) is 18.7. The minimum Gasteiger partial charge on any atom is -0.491 e. The van der Waals surface area contributed by atoms with Crippen LogP contribution in [0.25, 0.3) is 0 Å². The zero-order chi connectivity index (χ0) is 23.0. The fraction of sp³-hybridized carbons (Fsp3) is 0.296. The highest BCUT2D eigenvalue weighted by Gasteiger charge is 2.26. The molecule has 0 spiro atoms. The first-order valence-electron chi connectivity index (χ1n) is 11.2. The molecule has 33 heavy (non-hydrogen) atoms. The van der Waals surface area contributed by atoms with Crippen molar-refractivity contribution in [3.8, 4) is 5.75 Å². The van der Waals surface area contributed by atoms with Crippen LogP contribution in [0.15, 0.2) is 84.0 Å². The van der Waals surface area contributed by atoms with E-state index in [1.54, 1.807) is 6.07 Å². The van der Waals surface area contributed by atoms with Crippen LogP contribution in [0, 0.1) is 12.7 Å². The van der Waals surface area contributed by atoms with E-state index in [4.69, 9.17) is 9.57 Å². The monoisotopic (exact) mass is 448 g/mol. The number of hydrogen-bond acceptors (Lipinski definition) is 5. The van der Waals surface area contributed by atoms with E-state index in [-0.39, 0.29) is 18.5 Å². The summed E-state index contributed by atoms with van der Waals surface area (Å²) in [5.74, 6) is 0.482. The number of ether oxygens (including phenoxy) is 1. The van der Waals surface area contributed by atoms with Crippen molar-refractivity contribution < 1.29 is 19.1 Å². The van der Waals surface area contributed by atoms with Crippen LogP contribution in [0.3, 0.4) is 0 Å². The summed E-state index contributed by atoms with van der Waals surface area (Å²) in [6.07, 6.45) is -0.174. The van der Waals surface area contributed by atoms with E-state index < -0.39 is 6.10 Å². The van der Waals surface area contributed by atoms with Crippen molar-refractivity contribution in [2.45, 2.75) is 32.1 Å². The highest BCUT2D eigenvalue weighted by atomic mass is 19.1. The molecule has 1 heterocycles. The van der Waals surface area contributed by atoms with Crippen LogP contribution in [0.4, 0.5) is 4.39 Å². The minimum atomic E-state index is -0.714. The Morgan fingerprint density at radius 3 is 2.67 bits per heavy atom. The summed E-state index contributed by atoms with van der Waals surface area (Å²) in [5, 5.41) is 15.0. The molecule has 0 bridgehead atoms. The second-order valence-electron chi connectivity index (χ2n) is 8.39. The number of halogens is 1. The Hall–Kier alpha value is -3.22. The molecule has 0 saturated heterocycles. The lowest BCUT2D eigenvalue weighted by Gasteiger charge is -2.27. The average Bonchev–Trinajstić information content (AvgIpc) is 3.27. The molecule has 0 aliphatic carbocycles. The summed E-state index contributed by atoms with van der Waals surface area (Å²) < 4.78 is 19.6. The number of aryl methyl sites for hydroxylation is 1. The van der Waals surface area contributed by atoms with Gasteiger partial charge in [-0.25, -0.2) is 4.39 Å². The molecule has 0 unspecified atom stereocenters. The molecule has 5 nitrogen and oxygen atoms in total. The van der Waals surface area contributed by atoms with Gasteiger partial charge < -0.3 is 14.7 Å². The van der Waals surface area contributed by atoms with Gasteiger partial charge in [0.25, 0.3) is 0 Å². The van der Waals surface area contributed by atoms with Crippen molar-refractivity contribution in [3.05, 3.63) is 101 Å². The normalized spacial score (nSPS) is 16.4. The Morgan fingerprint density at radius 2 is 1.88 bits per heavy atom. The Kier molecular flexibility index (Phi) is 7.70. The Morgan fingerprint density at radius 1 is 1.09 bits per heavy atom. The third-order valence-electron chi connectivity index (χ3n) is 5.59. The third-order valence-corrected chi connectivity index (χ3v) is 5.59. The first-order valence-corrected chi connectivity index (χ1v) is 11.2. The molecule has 6 heteroatoms. The second-order valence-corrected chi connectivity index (χ2v) is 8.39. The van der Waals surface area contributed by atoms with Crippen LogP contribution >= 0.6 is 0 Å². The number of benzene rings is 3. The molecule has 3 aromatic rings. The van der Waals surface area contributed by atoms with Crippen molar-refractivity contribution in [1.82, 2.24) is 4.90 Å². The molecule has 0 radical (unpaired) electrons. The Balaban J connectivity index is 1.38. The maximum absolute atomic E-state index is 13.7. The third kappa shape index (κ3) is 6.63. The summed E-state index contributed by atoms with van der Waals surface area (Å²) >= 11 is 0. The SMILES string of the molecule is Cc1ccccc1OC[C@H](O)CN(Cc1cccc(F)c1)C[C@@H]1CC(c2ccccc2)=NO1. The van der Waals surface area contributed by atoms with Gasteiger partial charge in [0.1, 0.15) is 30.4 Å². The van der Waals surface area contributed by atoms with E-state index in [1.165, 1.54) is 12.1 Å². The molecule has 4 rings (SSSR count). The van der Waals surface area contributed by atoms with Gasteiger partial charge in [-0.05, 0) is 41.8 Å². The molecule has 172 valence electrons. The quantitative estimate of drug-likeness (QED) is 0.494. The van der Waals surface area contributed by atoms with Crippen LogP contribution in [0.5, 0.6) is 5.75 Å². The van der Waals surface area contributed by atoms with Gasteiger partial charge in [0.2, 0.25) is 0 Å². The van der Waals surface area contributed by atoms with Crippen LogP contribution in [-0.4, -0.2) is 47.6 Å². The topological polar surface area (TPSA) is 54.3 Å². The van der Waals surface area contributed by atoms with Crippen molar-refractivity contribution in [1.29, 1.82) is 0 Å². The van der Waals surface area contributed by atoms with Crippen molar-refractivity contribution in [2.75, 3.05) is 19.7 Å². The number of aliphatic hydroxyl groups excluding tert-OH is 1. The molecule has 3 aromatic carbocycles. The lowest BCUT2D eigenvalue weighted by Crippen LogP contribution is -2.39. The summed E-state index contributed by atoms with van der Waals surface area (Å²) in [6.45, 7) is 3.54. The van der Waals surface area contributed by atoms with E-state index >= 15 is 0 Å². The number of rotatable bonds is 10. The first-order chi connectivity index (χ1) is 16.1. The number of aliphatic hydroxyl groups is 1. The van der Waals surface area contributed by atoms with Crippen molar-refractivity contribution >= 4 is 5.71 Å². The van der Waals surface area contributed by atoms with Gasteiger partial charge in [0.05, 0.1) is 5.71 Å². The van der Waals surface area contributed by atoms with Crippen LogP contribution in [0.1, 0.15) is 23.1 Å². The number of para-hydroxylation sites is 1. The molecular weight excluding hydrogens is 419 g/mol. The van der Waals surface area contributed by atoms with Crippen LogP contribution in [-0.2, 0) is 11.4 Å². The zero-order valence-corrected chi connectivity index (χ0v) is 18.7. The summed E-state index contributed by atoms with van der Waals surface area (Å²) in [4.78, 5) is 7.76. The lowest BCUT2D eigenvalue weighted by molar-refractivity contribution is 0.0212. The van der Waals surface area contributed by atoms with Gasteiger partial charge in [0, 0.05) is 26.1 Å². The van der Waals surface area contributed by atoms with E-state index in [2.05, 4.69) is 10.1 Å². The van der Waals surface area contributed by atoms with Crippen molar-refractivity contribution in [3.63, 3.8) is 0 Å². The van der Waals surface area contributed by atoms with E-state index in [9.17, 15) is 9.50 Å². The number of oxime groups is 1. The lowest BCUT2D eigenvalue weighted by atomic mass is 10.0. The van der Waals surface area contributed by atoms with E-state index in [1.807, 2.05) is 67.6 Å². The van der Waals surface area contributed by atoms with Gasteiger partial charge in [-0.15, -0.1) is 0 Å². The molecule has 0 saturated carbocycles. The van der Waals surface area contributed by atoms with E-state index in [0.29, 0.717) is 26.1 Å². The van der Waals surface area contributed by atoms with Gasteiger partial charge >= 0.3 is 0 Å². The standard InChI is InChI=1S/C27H29FN2O3/c1-20-8-5-6-13-27(20)32-19-24(31)17-30(16-21-9-7-12-23(28)14-21)18-25-15-26(29-33-25)22-10-3-2-4-11-22/h2-14,24-25,31H,15-19H2,1H3/t24-,25+/m1/s1. The fourth-order valence-corrected chi connectivity index (χ4v) is 3.97. The minimum absolute atomic E-state index is 0.141. The molecular formula is C27H29FN2O3.